The van der Waals surface area contributed by atoms with Gasteiger partial charge in [0, 0.05) is 36.9 Å². The molecular formula is C13H17NO2. The van der Waals surface area contributed by atoms with Crippen LogP contribution in [0.1, 0.15) is 12.8 Å². The van der Waals surface area contributed by atoms with Crippen molar-refractivity contribution in [1.29, 1.82) is 0 Å². The van der Waals surface area contributed by atoms with Crippen LogP contribution in [0.3, 0.4) is 0 Å². The van der Waals surface area contributed by atoms with Gasteiger partial charge in [0.1, 0.15) is 11.5 Å². The average molecular weight is 219 g/mol. The molecule has 0 radical (unpaired) electrons. The van der Waals surface area contributed by atoms with Crippen molar-refractivity contribution in [3.8, 4) is 23.8 Å². The summed E-state index contributed by atoms with van der Waals surface area (Å²) in [5.74, 6) is 4.16. The fourth-order valence-electron chi connectivity index (χ4n) is 1.33. The van der Waals surface area contributed by atoms with Crippen LogP contribution in [-0.2, 0) is 0 Å². The molecule has 0 saturated heterocycles. The van der Waals surface area contributed by atoms with Gasteiger partial charge >= 0.3 is 0 Å². The molecule has 86 valence electrons. The Balaban J connectivity index is 2.61. The molecule has 0 aliphatic heterocycles. The Bertz CT molecular complexity index is 346. The first kappa shape index (κ1) is 12.3. The molecule has 3 heteroatoms. The maximum absolute atomic E-state index is 5.18. The van der Waals surface area contributed by atoms with E-state index < -0.39 is 0 Å². The van der Waals surface area contributed by atoms with Gasteiger partial charge in [0.15, 0.2) is 0 Å². The summed E-state index contributed by atoms with van der Waals surface area (Å²) >= 11 is 0. The molecule has 0 aliphatic rings. The van der Waals surface area contributed by atoms with Crippen molar-refractivity contribution in [3.63, 3.8) is 0 Å². The van der Waals surface area contributed by atoms with Gasteiger partial charge < -0.3 is 14.8 Å². The van der Waals surface area contributed by atoms with Crippen molar-refractivity contribution in [2.45, 2.75) is 12.8 Å². The van der Waals surface area contributed by atoms with E-state index in [1.165, 1.54) is 0 Å². The Morgan fingerprint density at radius 3 is 2.31 bits per heavy atom. The number of hydrogen-bond acceptors (Lipinski definition) is 3. The monoisotopic (exact) mass is 219 g/mol. The van der Waals surface area contributed by atoms with Gasteiger partial charge in [-0.25, -0.2) is 0 Å². The summed E-state index contributed by atoms with van der Waals surface area (Å²) in [4.78, 5) is 0. The number of methoxy groups -OCH3 is 2. The molecule has 0 fully saturated rings. The minimum atomic E-state index is 0.777. The highest BCUT2D eigenvalue weighted by atomic mass is 16.5. The topological polar surface area (TPSA) is 30.5 Å². The number of ether oxygens (including phenoxy) is 2. The number of unbranched alkanes of at least 4 members (excludes halogenated alkanes) is 1. The molecule has 0 heterocycles. The quantitative estimate of drug-likeness (QED) is 0.589. The predicted molar refractivity (Wildman–Crippen MR) is 66.1 cm³/mol. The fraction of sp³-hybridized carbons (Fsp3) is 0.385. The lowest BCUT2D eigenvalue weighted by Crippen LogP contribution is -2.01. The van der Waals surface area contributed by atoms with E-state index in [1.807, 2.05) is 18.2 Å². The molecule has 0 saturated carbocycles. The molecule has 0 amide bonds. The smallest absolute Gasteiger partial charge is 0.124 e. The normalized spacial score (nSPS) is 9.31. The van der Waals surface area contributed by atoms with Crippen LogP contribution in [0.2, 0.25) is 0 Å². The molecule has 3 nitrogen and oxygen atoms in total. The highest BCUT2D eigenvalue weighted by molar-refractivity contribution is 5.53. The van der Waals surface area contributed by atoms with Gasteiger partial charge in [0.05, 0.1) is 14.2 Å². The molecular weight excluding hydrogens is 202 g/mol. The van der Waals surface area contributed by atoms with Crippen LogP contribution in [0, 0.1) is 12.3 Å². The molecule has 0 atom stereocenters. The summed E-state index contributed by atoms with van der Waals surface area (Å²) in [6.07, 6.45) is 6.92. The van der Waals surface area contributed by atoms with Gasteiger partial charge in [-0.05, 0) is 6.42 Å². The molecule has 0 aromatic heterocycles. The highest BCUT2D eigenvalue weighted by Crippen LogP contribution is 2.25. The molecule has 0 unspecified atom stereocenters. The molecule has 1 rings (SSSR count). The van der Waals surface area contributed by atoms with E-state index in [1.54, 1.807) is 14.2 Å². The van der Waals surface area contributed by atoms with E-state index >= 15 is 0 Å². The van der Waals surface area contributed by atoms with Gasteiger partial charge in [-0.15, -0.1) is 12.3 Å². The van der Waals surface area contributed by atoms with Gasteiger partial charge in [0.25, 0.3) is 0 Å². The predicted octanol–water partition coefficient (Wildman–Crippen LogP) is 2.53. The third-order valence-corrected chi connectivity index (χ3v) is 2.18. The van der Waals surface area contributed by atoms with E-state index in [4.69, 9.17) is 15.9 Å². The number of anilines is 1. The maximum atomic E-state index is 5.18. The van der Waals surface area contributed by atoms with E-state index in [-0.39, 0.29) is 0 Å². The number of hydrogen-bond donors (Lipinski definition) is 1. The van der Waals surface area contributed by atoms with E-state index in [9.17, 15) is 0 Å². The summed E-state index contributed by atoms with van der Waals surface area (Å²) in [5.41, 5.74) is 0.980. The maximum Gasteiger partial charge on any atom is 0.124 e. The average Bonchev–Trinajstić information content (AvgIpc) is 2.34. The minimum Gasteiger partial charge on any atom is -0.497 e. The third kappa shape index (κ3) is 3.74. The standard InChI is InChI=1S/C13H17NO2/c1-4-5-6-7-14-11-8-12(15-2)10-13(9-11)16-3/h1,8-10,14H,5-7H2,2-3H3. The van der Waals surface area contributed by atoms with Crippen LogP contribution in [0.15, 0.2) is 18.2 Å². The summed E-state index contributed by atoms with van der Waals surface area (Å²) < 4.78 is 10.3. The Kier molecular flexibility index (Phi) is 5.07. The van der Waals surface area contributed by atoms with Crippen LogP contribution >= 0.6 is 0 Å². The summed E-state index contributed by atoms with van der Waals surface area (Å²) in [6.45, 7) is 0.848. The second kappa shape index (κ2) is 6.62. The lowest BCUT2D eigenvalue weighted by molar-refractivity contribution is 0.394. The van der Waals surface area contributed by atoms with Crippen molar-refractivity contribution in [1.82, 2.24) is 0 Å². The van der Waals surface area contributed by atoms with E-state index in [0.717, 1.165) is 36.6 Å². The van der Waals surface area contributed by atoms with Gasteiger partial charge in [0.2, 0.25) is 0 Å². The second-order valence-corrected chi connectivity index (χ2v) is 3.34. The molecule has 0 aliphatic carbocycles. The number of terminal acetylenes is 1. The Labute approximate surface area is 96.8 Å². The second-order valence-electron chi connectivity index (χ2n) is 3.34. The summed E-state index contributed by atoms with van der Waals surface area (Å²) in [7, 11) is 3.27. The van der Waals surface area contributed by atoms with Gasteiger partial charge in [-0.3, -0.25) is 0 Å². The van der Waals surface area contributed by atoms with Crippen molar-refractivity contribution in [2.75, 3.05) is 26.1 Å². The summed E-state index contributed by atoms with van der Waals surface area (Å²) in [6, 6.07) is 5.70. The molecule has 16 heavy (non-hydrogen) atoms. The lowest BCUT2D eigenvalue weighted by Gasteiger charge is -2.10. The van der Waals surface area contributed by atoms with Crippen LogP contribution in [-0.4, -0.2) is 20.8 Å². The van der Waals surface area contributed by atoms with Crippen molar-refractivity contribution >= 4 is 5.69 Å². The highest BCUT2D eigenvalue weighted by Gasteiger charge is 2.00. The first-order chi connectivity index (χ1) is 7.80. The minimum absolute atomic E-state index is 0.777. The number of nitrogens with one attached hydrogen (secondary N) is 1. The fourth-order valence-corrected chi connectivity index (χ4v) is 1.33. The molecule has 1 aromatic rings. The van der Waals surface area contributed by atoms with Crippen LogP contribution in [0.5, 0.6) is 11.5 Å². The van der Waals surface area contributed by atoms with E-state index in [2.05, 4.69) is 11.2 Å². The molecule has 1 aromatic carbocycles. The van der Waals surface area contributed by atoms with Crippen LogP contribution < -0.4 is 14.8 Å². The number of benzene rings is 1. The largest absolute Gasteiger partial charge is 0.497 e. The Morgan fingerprint density at radius 1 is 1.19 bits per heavy atom. The van der Waals surface area contributed by atoms with Crippen molar-refractivity contribution in [2.24, 2.45) is 0 Å². The first-order valence-electron chi connectivity index (χ1n) is 5.20. The molecule has 1 N–H and O–H groups in total. The first-order valence-corrected chi connectivity index (χ1v) is 5.20. The van der Waals surface area contributed by atoms with Crippen molar-refractivity contribution in [3.05, 3.63) is 18.2 Å². The lowest BCUT2D eigenvalue weighted by atomic mass is 10.2. The molecule has 0 spiro atoms. The Morgan fingerprint density at radius 2 is 1.81 bits per heavy atom. The molecule has 0 bridgehead atoms. The van der Waals surface area contributed by atoms with Crippen LogP contribution in [0.25, 0.3) is 0 Å². The van der Waals surface area contributed by atoms with Gasteiger partial charge in [-0.2, -0.15) is 0 Å². The zero-order chi connectivity index (χ0) is 11.8. The SMILES string of the molecule is C#CCCCNc1cc(OC)cc(OC)c1. The third-order valence-electron chi connectivity index (χ3n) is 2.18. The zero-order valence-electron chi connectivity index (χ0n) is 9.75. The van der Waals surface area contributed by atoms with Crippen molar-refractivity contribution < 1.29 is 9.47 Å². The van der Waals surface area contributed by atoms with Gasteiger partial charge in [-0.1, -0.05) is 0 Å². The van der Waals surface area contributed by atoms with Crippen LogP contribution in [0.4, 0.5) is 5.69 Å². The zero-order valence-corrected chi connectivity index (χ0v) is 9.75. The van der Waals surface area contributed by atoms with E-state index in [0.29, 0.717) is 0 Å². The number of rotatable bonds is 6. The Hall–Kier alpha value is -1.82. The summed E-state index contributed by atoms with van der Waals surface area (Å²) in [5, 5.41) is 3.27.